The first-order valence-corrected chi connectivity index (χ1v) is 10.8. The number of sulfonamides is 1. The molecule has 2 aromatic rings. The third kappa shape index (κ3) is 5.14. The largest absolute Gasteiger partial charge is 0.467 e. The van der Waals surface area contributed by atoms with Gasteiger partial charge in [-0.05, 0) is 36.8 Å². The summed E-state index contributed by atoms with van der Waals surface area (Å²) in [7, 11) is -2.22. The molecule has 0 bridgehead atoms. The van der Waals surface area contributed by atoms with E-state index in [1.54, 1.807) is 33.1 Å². The first kappa shape index (κ1) is 22.4. The number of methoxy groups -OCH3 is 1. The van der Waals surface area contributed by atoms with Crippen molar-refractivity contribution in [3.05, 3.63) is 52.9 Å². The van der Waals surface area contributed by atoms with Crippen LogP contribution >= 0.6 is 11.6 Å². The lowest BCUT2D eigenvalue weighted by molar-refractivity contribution is 0.0917. The molecule has 1 N–H and O–H groups in total. The molecule has 9 heteroatoms. The molecule has 0 spiro atoms. The normalized spacial score (nSPS) is 12.9. The fourth-order valence-corrected chi connectivity index (χ4v) is 4.76. The van der Waals surface area contributed by atoms with Gasteiger partial charge in [-0.15, -0.1) is 0 Å². The maximum atomic E-state index is 12.8. The van der Waals surface area contributed by atoms with Gasteiger partial charge in [-0.3, -0.25) is 4.79 Å². The molecule has 1 heterocycles. The van der Waals surface area contributed by atoms with Crippen molar-refractivity contribution in [1.29, 1.82) is 0 Å². The number of nitrogens with one attached hydrogen (secondary N) is 1. The molecule has 1 aromatic heterocycles. The quantitative estimate of drug-likeness (QED) is 0.625. The minimum Gasteiger partial charge on any atom is -0.467 e. The Labute approximate surface area is 170 Å². The first-order valence-electron chi connectivity index (χ1n) is 8.98. The summed E-state index contributed by atoms with van der Waals surface area (Å²) in [5, 5.41) is 2.94. The molecule has 1 amide bonds. The highest BCUT2D eigenvalue weighted by molar-refractivity contribution is 7.89. The number of hydrogen-bond acceptors (Lipinski definition) is 5. The Morgan fingerprint density at radius 1 is 1.29 bits per heavy atom. The van der Waals surface area contributed by atoms with Crippen LogP contribution in [0.4, 0.5) is 0 Å². The smallest absolute Gasteiger partial charge is 0.251 e. The van der Waals surface area contributed by atoms with Crippen LogP contribution in [0.25, 0.3) is 0 Å². The monoisotopic (exact) mass is 428 g/mol. The van der Waals surface area contributed by atoms with Crippen molar-refractivity contribution in [3.63, 3.8) is 0 Å². The van der Waals surface area contributed by atoms with Gasteiger partial charge in [-0.2, -0.15) is 4.31 Å². The Balaban J connectivity index is 2.31. The Morgan fingerprint density at radius 2 is 2.00 bits per heavy atom. The molecule has 7 nitrogen and oxygen atoms in total. The van der Waals surface area contributed by atoms with Crippen LogP contribution in [0.15, 0.2) is 45.9 Å². The highest BCUT2D eigenvalue weighted by atomic mass is 35.5. The van der Waals surface area contributed by atoms with Crippen molar-refractivity contribution in [2.45, 2.75) is 31.2 Å². The number of carbonyl (C=O) groups excluding carboxylic acids is 1. The number of ether oxygens (including phenoxy) is 1. The lowest BCUT2D eigenvalue weighted by Crippen LogP contribution is -2.32. The number of rotatable bonds is 10. The molecule has 1 aromatic carbocycles. The van der Waals surface area contributed by atoms with E-state index in [1.165, 1.54) is 28.8 Å². The maximum Gasteiger partial charge on any atom is 0.251 e. The molecule has 154 valence electrons. The molecule has 0 saturated heterocycles. The molecular formula is C19H25ClN2O5S. The van der Waals surface area contributed by atoms with Gasteiger partial charge < -0.3 is 14.5 Å². The summed E-state index contributed by atoms with van der Waals surface area (Å²) >= 11 is 6.13. The second-order valence-electron chi connectivity index (χ2n) is 6.06. The van der Waals surface area contributed by atoms with Crippen LogP contribution in [0.5, 0.6) is 0 Å². The van der Waals surface area contributed by atoms with Crippen molar-refractivity contribution in [3.8, 4) is 0 Å². The number of halogens is 1. The molecule has 2 rings (SSSR count). The summed E-state index contributed by atoms with van der Waals surface area (Å²) in [6, 6.07) is 7.32. The van der Waals surface area contributed by atoms with Gasteiger partial charge in [-0.1, -0.05) is 25.4 Å². The molecule has 1 atom stereocenters. The zero-order valence-corrected chi connectivity index (χ0v) is 17.7. The molecule has 0 radical (unpaired) electrons. The van der Waals surface area contributed by atoms with Gasteiger partial charge in [0, 0.05) is 32.4 Å². The standard InChI is InChI=1S/C19H25ClN2O5S/c1-4-22(5-2)28(24,25)18-13-14(8-9-15(18)20)19(23)21-16(10-12-26-3)17-7-6-11-27-17/h6-9,11,13,16H,4-5,10,12H2,1-3H3,(H,21,23)/t16-/m0/s1. The van der Waals surface area contributed by atoms with Crippen molar-refractivity contribution < 1.29 is 22.4 Å². The summed E-state index contributed by atoms with van der Waals surface area (Å²) < 4.78 is 37.4. The van der Waals surface area contributed by atoms with Crippen LogP contribution < -0.4 is 5.32 Å². The topological polar surface area (TPSA) is 88.9 Å². The van der Waals surface area contributed by atoms with Crippen LogP contribution in [0.1, 0.15) is 42.4 Å². The van der Waals surface area contributed by atoms with Crippen LogP contribution in [-0.4, -0.2) is 45.4 Å². The molecule has 0 unspecified atom stereocenters. The minimum absolute atomic E-state index is 0.0745. The Morgan fingerprint density at radius 3 is 2.57 bits per heavy atom. The third-order valence-electron chi connectivity index (χ3n) is 4.32. The van der Waals surface area contributed by atoms with Crippen molar-refractivity contribution >= 4 is 27.5 Å². The maximum absolute atomic E-state index is 12.8. The van der Waals surface area contributed by atoms with E-state index < -0.39 is 22.0 Å². The van der Waals surface area contributed by atoms with E-state index in [2.05, 4.69) is 5.32 Å². The first-order chi connectivity index (χ1) is 13.3. The zero-order valence-electron chi connectivity index (χ0n) is 16.1. The highest BCUT2D eigenvalue weighted by Crippen LogP contribution is 2.26. The predicted octanol–water partition coefficient (Wildman–Crippen LogP) is 3.47. The van der Waals surface area contributed by atoms with E-state index in [4.69, 9.17) is 20.8 Å². The Bertz CT molecular complexity index is 880. The van der Waals surface area contributed by atoms with Gasteiger partial charge in [0.05, 0.1) is 17.3 Å². The van der Waals surface area contributed by atoms with Crippen LogP contribution in [0.2, 0.25) is 5.02 Å². The summed E-state index contributed by atoms with van der Waals surface area (Å²) in [5.74, 6) is 0.167. The number of furan rings is 1. The third-order valence-corrected chi connectivity index (χ3v) is 6.85. The predicted molar refractivity (Wildman–Crippen MR) is 107 cm³/mol. The number of carbonyl (C=O) groups is 1. The number of amides is 1. The molecule has 0 aliphatic carbocycles. The van der Waals surface area contributed by atoms with Gasteiger partial charge in [0.1, 0.15) is 10.7 Å². The van der Waals surface area contributed by atoms with E-state index in [9.17, 15) is 13.2 Å². The average Bonchev–Trinajstić information content (AvgIpc) is 3.20. The Hall–Kier alpha value is -1.87. The Kier molecular flexibility index (Phi) is 8.06. The zero-order chi connectivity index (χ0) is 20.7. The van der Waals surface area contributed by atoms with Crippen molar-refractivity contribution in [1.82, 2.24) is 9.62 Å². The molecule has 0 saturated carbocycles. The second-order valence-corrected chi connectivity index (χ2v) is 8.37. The van der Waals surface area contributed by atoms with E-state index in [0.717, 1.165) is 0 Å². The molecule has 0 fully saturated rings. The van der Waals surface area contributed by atoms with Crippen LogP contribution in [-0.2, 0) is 14.8 Å². The van der Waals surface area contributed by atoms with E-state index in [0.29, 0.717) is 31.9 Å². The summed E-state index contributed by atoms with van der Waals surface area (Å²) in [4.78, 5) is 12.7. The fraction of sp³-hybridized carbons (Fsp3) is 0.421. The van der Waals surface area contributed by atoms with E-state index in [-0.39, 0.29) is 15.5 Å². The summed E-state index contributed by atoms with van der Waals surface area (Å²) in [5.41, 5.74) is 0.198. The molecule has 0 aliphatic rings. The molecule has 0 aliphatic heterocycles. The summed E-state index contributed by atoms with van der Waals surface area (Å²) in [6.07, 6.45) is 2.03. The van der Waals surface area contributed by atoms with Gasteiger partial charge in [0.2, 0.25) is 10.0 Å². The van der Waals surface area contributed by atoms with Gasteiger partial charge in [0.25, 0.3) is 5.91 Å². The minimum atomic E-state index is -3.79. The van der Waals surface area contributed by atoms with Crippen LogP contribution in [0.3, 0.4) is 0 Å². The highest BCUT2D eigenvalue weighted by Gasteiger charge is 2.26. The molecular weight excluding hydrogens is 404 g/mol. The van der Waals surface area contributed by atoms with Gasteiger partial charge >= 0.3 is 0 Å². The number of benzene rings is 1. The summed E-state index contributed by atoms with van der Waals surface area (Å²) in [6.45, 7) is 4.53. The lowest BCUT2D eigenvalue weighted by atomic mass is 10.1. The van der Waals surface area contributed by atoms with E-state index >= 15 is 0 Å². The van der Waals surface area contributed by atoms with Gasteiger partial charge in [-0.25, -0.2) is 8.42 Å². The fourth-order valence-electron chi connectivity index (χ4n) is 2.80. The molecule has 28 heavy (non-hydrogen) atoms. The second kappa shape index (κ2) is 10.1. The lowest BCUT2D eigenvalue weighted by Gasteiger charge is -2.20. The van der Waals surface area contributed by atoms with Gasteiger partial charge in [0.15, 0.2) is 0 Å². The van der Waals surface area contributed by atoms with Crippen molar-refractivity contribution in [2.75, 3.05) is 26.8 Å². The average molecular weight is 429 g/mol. The van der Waals surface area contributed by atoms with Crippen molar-refractivity contribution in [2.24, 2.45) is 0 Å². The number of hydrogen-bond donors (Lipinski definition) is 1. The SMILES string of the molecule is CCN(CC)S(=O)(=O)c1cc(C(=O)N[C@@H](CCOC)c2ccco2)ccc1Cl. The van der Waals surface area contributed by atoms with Crippen LogP contribution in [0, 0.1) is 0 Å². The van der Waals surface area contributed by atoms with E-state index in [1.807, 2.05) is 0 Å². The number of nitrogens with zero attached hydrogens (tertiary/aromatic N) is 1.